The number of nitrogens with zero attached hydrogens (tertiary/aromatic N) is 2. The number of unbranched alkanes of at least 4 members (excludes halogenated alkanes) is 8. The maximum absolute atomic E-state index is 12.3. The van der Waals surface area contributed by atoms with Gasteiger partial charge < -0.3 is 10.2 Å². The van der Waals surface area contributed by atoms with Crippen LogP contribution < -0.4 is 10.2 Å². The van der Waals surface area contributed by atoms with Crippen LogP contribution in [0.2, 0.25) is 0 Å². The molecule has 1 amide bonds. The number of amides is 1. The molecule has 4 nitrogen and oxygen atoms in total. The average molecular weight is 442 g/mol. The van der Waals surface area contributed by atoms with Gasteiger partial charge in [0.1, 0.15) is 0 Å². The van der Waals surface area contributed by atoms with E-state index in [1.807, 2.05) is 18.2 Å². The van der Waals surface area contributed by atoms with Crippen molar-refractivity contribution in [2.75, 3.05) is 23.3 Å². The van der Waals surface area contributed by atoms with Crippen molar-refractivity contribution < 1.29 is 4.79 Å². The molecule has 0 spiro atoms. The first-order valence-corrected chi connectivity index (χ1v) is 13.2. The maximum Gasteiger partial charge on any atom is 0.224 e. The summed E-state index contributed by atoms with van der Waals surface area (Å²) < 4.78 is 0. The summed E-state index contributed by atoms with van der Waals surface area (Å²) in [4.78, 5) is 19.6. The quantitative estimate of drug-likeness (QED) is 0.324. The normalized spacial score (nSPS) is 14.0. The molecule has 0 radical (unpaired) electrons. The Kier molecular flexibility index (Phi) is 10.4. The van der Waals surface area contributed by atoms with Crippen molar-refractivity contribution in [3.63, 3.8) is 0 Å². The van der Waals surface area contributed by atoms with Gasteiger partial charge in [-0.05, 0) is 37.8 Å². The van der Waals surface area contributed by atoms with E-state index < -0.39 is 0 Å². The van der Waals surface area contributed by atoms with E-state index in [1.165, 1.54) is 64.2 Å². The second-order valence-electron chi connectivity index (χ2n) is 8.77. The minimum atomic E-state index is 0.118. The van der Waals surface area contributed by atoms with E-state index in [4.69, 9.17) is 4.98 Å². The molecule has 3 rings (SSSR count). The molecule has 1 aromatic carbocycles. The van der Waals surface area contributed by atoms with Gasteiger partial charge >= 0.3 is 0 Å². The van der Waals surface area contributed by atoms with Crippen molar-refractivity contribution in [3.8, 4) is 11.3 Å². The zero-order valence-corrected chi connectivity index (χ0v) is 20.0. The molecule has 1 N–H and O–H groups in total. The van der Waals surface area contributed by atoms with Crippen LogP contribution in [-0.4, -0.2) is 24.0 Å². The third-order valence-electron chi connectivity index (χ3n) is 6.07. The summed E-state index contributed by atoms with van der Waals surface area (Å²) in [5.41, 5.74) is 2.94. The smallest absolute Gasteiger partial charge is 0.224 e. The van der Waals surface area contributed by atoms with Crippen LogP contribution >= 0.6 is 11.3 Å². The lowest BCUT2D eigenvalue weighted by molar-refractivity contribution is -0.116. The van der Waals surface area contributed by atoms with Crippen molar-refractivity contribution in [3.05, 3.63) is 29.6 Å². The molecule has 2 heterocycles. The van der Waals surface area contributed by atoms with Gasteiger partial charge in [0.2, 0.25) is 5.91 Å². The maximum atomic E-state index is 12.3. The van der Waals surface area contributed by atoms with Crippen LogP contribution in [0.15, 0.2) is 29.6 Å². The van der Waals surface area contributed by atoms with Crippen molar-refractivity contribution in [2.45, 2.75) is 90.4 Å². The van der Waals surface area contributed by atoms with Crippen LogP contribution in [0.3, 0.4) is 0 Å². The topological polar surface area (TPSA) is 45.2 Å². The van der Waals surface area contributed by atoms with E-state index in [0.717, 1.165) is 48.0 Å². The Labute approximate surface area is 192 Å². The second-order valence-corrected chi connectivity index (χ2v) is 9.61. The molecule has 1 aromatic heterocycles. The van der Waals surface area contributed by atoms with Gasteiger partial charge in [-0.1, -0.05) is 70.4 Å². The van der Waals surface area contributed by atoms with Crippen molar-refractivity contribution in [1.82, 2.24) is 4.98 Å². The standard InChI is InChI=1S/C26H39N3OS/c1-2-3-4-5-6-7-8-9-11-17-25(30)27-23-16-14-15-22(20-23)24-21-31-26(28-24)29-18-12-10-13-19-29/h14-16,20-21H,2-13,17-19H2,1H3,(H,27,30). The highest BCUT2D eigenvalue weighted by atomic mass is 32.1. The number of aromatic nitrogens is 1. The number of carbonyl (C=O) groups is 1. The lowest BCUT2D eigenvalue weighted by Gasteiger charge is -2.25. The molecule has 0 bridgehead atoms. The lowest BCUT2D eigenvalue weighted by atomic mass is 10.1. The van der Waals surface area contributed by atoms with Gasteiger partial charge in [-0.25, -0.2) is 4.98 Å². The van der Waals surface area contributed by atoms with Gasteiger partial charge in [0.25, 0.3) is 0 Å². The number of benzene rings is 1. The summed E-state index contributed by atoms with van der Waals surface area (Å²) in [6.07, 6.45) is 15.9. The van der Waals surface area contributed by atoms with Gasteiger partial charge in [-0.15, -0.1) is 11.3 Å². The molecule has 0 aliphatic carbocycles. The number of nitrogens with one attached hydrogen (secondary N) is 1. The molecule has 1 fully saturated rings. The highest BCUT2D eigenvalue weighted by Gasteiger charge is 2.15. The largest absolute Gasteiger partial charge is 0.348 e. The fraction of sp³-hybridized carbons (Fsp3) is 0.615. The first-order valence-electron chi connectivity index (χ1n) is 12.4. The zero-order chi connectivity index (χ0) is 21.7. The molecule has 2 aromatic rings. The average Bonchev–Trinajstić information content (AvgIpc) is 3.29. The number of anilines is 2. The Balaban J connectivity index is 1.39. The van der Waals surface area contributed by atoms with Gasteiger partial charge in [0.15, 0.2) is 5.13 Å². The lowest BCUT2D eigenvalue weighted by Crippen LogP contribution is -2.29. The summed E-state index contributed by atoms with van der Waals surface area (Å²) in [5.74, 6) is 0.118. The number of rotatable bonds is 13. The number of hydrogen-bond donors (Lipinski definition) is 1. The van der Waals surface area contributed by atoms with Crippen LogP contribution in [0.1, 0.15) is 90.4 Å². The van der Waals surface area contributed by atoms with Crippen LogP contribution in [0, 0.1) is 0 Å². The Morgan fingerprint density at radius 2 is 1.71 bits per heavy atom. The van der Waals surface area contributed by atoms with E-state index in [9.17, 15) is 4.79 Å². The molecule has 0 unspecified atom stereocenters. The zero-order valence-electron chi connectivity index (χ0n) is 19.2. The SMILES string of the molecule is CCCCCCCCCCCC(=O)Nc1cccc(-c2csc(N3CCCCC3)n2)c1. The monoisotopic (exact) mass is 441 g/mol. The van der Waals surface area contributed by atoms with E-state index in [1.54, 1.807) is 11.3 Å². The Hall–Kier alpha value is -1.88. The summed E-state index contributed by atoms with van der Waals surface area (Å²) in [6, 6.07) is 8.09. The fourth-order valence-corrected chi connectivity index (χ4v) is 5.09. The number of thiazole rings is 1. The van der Waals surface area contributed by atoms with Gasteiger partial charge in [-0.2, -0.15) is 0 Å². The summed E-state index contributed by atoms with van der Waals surface area (Å²) in [5, 5.41) is 6.33. The molecular formula is C26H39N3OS. The van der Waals surface area contributed by atoms with Crippen LogP contribution in [-0.2, 0) is 4.79 Å². The Morgan fingerprint density at radius 1 is 1.00 bits per heavy atom. The molecular weight excluding hydrogens is 402 g/mol. The molecule has 0 atom stereocenters. The summed E-state index contributed by atoms with van der Waals surface area (Å²) in [7, 11) is 0. The number of carbonyl (C=O) groups excluding carboxylic acids is 1. The molecule has 170 valence electrons. The first kappa shape index (κ1) is 23.8. The Bertz CT molecular complexity index is 782. The van der Waals surface area contributed by atoms with Crippen LogP contribution in [0.4, 0.5) is 10.8 Å². The molecule has 1 aliphatic heterocycles. The molecule has 0 saturated carbocycles. The minimum absolute atomic E-state index is 0.118. The highest BCUT2D eigenvalue weighted by Crippen LogP contribution is 2.30. The first-order chi connectivity index (χ1) is 15.3. The van der Waals surface area contributed by atoms with Gasteiger partial charge in [0.05, 0.1) is 5.69 Å². The summed E-state index contributed by atoms with van der Waals surface area (Å²) >= 11 is 1.72. The van der Waals surface area contributed by atoms with E-state index in [2.05, 4.69) is 28.6 Å². The van der Waals surface area contributed by atoms with E-state index >= 15 is 0 Å². The second kappa shape index (κ2) is 13.5. The molecule has 31 heavy (non-hydrogen) atoms. The third-order valence-corrected chi connectivity index (χ3v) is 6.97. The Morgan fingerprint density at radius 3 is 2.45 bits per heavy atom. The molecule has 5 heteroatoms. The van der Waals surface area contributed by atoms with Crippen LogP contribution in [0.5, 0.6) is 0 Å². The third kappa shape index (κ3) is 8.29. The molecule has 1 aliphatic rings. The van der Waals surface area contributed by atoms with E-state index in [-0.39, 0.29) is 5.91 Å². The highest BCUT2D eigenvalue weighted by molar-refractivity contribution is 7.14. The number of piperidine rings is 1. The fourth-order valence-electron chi connectivity index (χ4n) is 4.20. The van der Waals surface area contributed by atoms with Gasteiger partial charge in [-0.3, -0.25) is 4.79 Å². The number of hydrogen-bond acceptors (Lipinski definition) is 4. The minimum Gasteiger partial charge on any atom is -0.348 e. The predicted octanol–water partition coefficient (Wildman–Crippen LogP) is 7.66. The predicted molar refractivity (Wildman–Crippen MR) is 134 cm³/mol. The van der Waals surface area contributed by atoms with Gasteiger partial charge in [0, 0.05) is 36.1 Å². The summed E-state index contributed by atoms with van der Waals surface area (Å²) in [6.45, 7) is 4.48. The van der Waals surface area contributed by atoms with Crippen molar-refractivity contribution >= 4 is 28.1 Å². The van der Waals surface area contributed by atoms with E-state index in [0.29, 0.717) is 6.42 Å². The molecule has 1 saturated heterocycles. The van der Waals surface area contributed by atoms with Crippen molar-refractivity contribution in [1.29, 1.82) is 0 Å². The van der Waals surface area contributed by atoms with Crippen molar-refractivity contribution in [2.24, 2.45) is 0 Å². The van der Waals surface area contributed by atoms with Crippen LogP contribution in [0.25, 0.3) is 11.3 Å².